The van der Waals surface area contributed by atoms with Gasteiger partial charge < -0.3 is 20.4 Å². The van der Waals surface area contributed by atoms with Crippen molar-refractivity contribution in [1.29, 1.82) is 0 Å². The molecule has 4 aromatic rings. The molecule has 34 heavy (non-hydrogen) atoms. The number of amides is 2. The van der Waals surface area contributed by atoms with Crippen LogP contribution in [-0.2, 0) is 22.4 Å². The van der Waals surface area contributed by atoms with Crippen LogP contribution in [0.4, 0.5) is 11.4 Å². The van der Waals surface area contributed by atoms with Crippen molar-refractivity contribution in [2.24, 2.45) is 4.99 Å². The summed E-state index contributed by atoms with van der Waals surface area (Å²) in [7, 11) is 0. The summed E-state index contributed by atoms with van der Waals surface area (Å²) in [5, 5.41) is 3.76. The van der Waals surface area contributed by atoms with Gasteiger partial charge in [-0.15, -0.1) is 0 Å². The molecule has 0 fully saturated rings. The van der Waals surface area contributed by atoms with Gasteiger partial charge in [0.05, 0.1) is 17.8 Å². The van der Waals surface area contributed by atoms with E-state index in [-0.39, 0.29) is 18.2 Å². The number of carbonyl (C=O) groups is 2. The minimum atomic E-state index is -1.05. The quantitative estimate of drug-likeness (QED) is 0.465. The molecule has 3 N–H and O–H groups in total. The lowest BCUT2D eigenvalue weighted by Crippen LogP contribution is -2.47. The Bertz CT molecular complexity index is 1440. The van der Waals surface area contributed by atoms with Crippen LogP contribution in [-0.4, -0.2) is 30.2 Å². The fourth-order valence-electron chi connectivity index (χ4n) is 4.78. The van der Waals surface area contributed by atoms with Crippen LogP contribution in [0.15, 0.2) is 82.2 Å². The zero-order valence-electron chi connectivity index (χ0n) is 18.3. The molecule has 7 heteroatoms. The predicted octanol–water partition coefficient (Wildman–Crippen LogP) is 3.44. The number of rotatable bonds is 4. The molecule has 0 unspecified atom stereocenters. The number of benzene rings is 3. The van der Waals surface area contributed by atoms with Gasteiger partial charge in [0, 0.05) is 28.7 Å². The normalized spacial score (nSPS) is 16.8. The molecule has 3 aromatic carbocycles. The standard InChI is InChI=1S/C27H22N4O3/c28-19-12-18-10-11-31-25(18)21(14-19)24(16-6-2-1-3-7-16)30-26(27(31)33)29-23(32)15-20-13-17-8-4-5-9-22(17)34-20/h1-9,12-14,26H,10-11,15,28H2,(H,29,32)/t26-/m1/s1. The number of carbonyl (C=O) groups excluding carboxylic acids is 2. The fraction of sp³-hybridized carbons (Fsp3) is 0.148. The summed E-state index contributed by atoms with van der Waals surface area (Å²) in [6.07, 6.45) is -0.327. The second kappa shape index (κ2) is 7.88. The third-order valence-corrected chi connectivity index (χ3v) is 6.26. The maximum Gasteiger partial charge on any atom is 0.272 e. The highest BCUT2D eigenvalue weighted by atomic mass is 16.3. The average molecular weight is 450 g/mol. The van der Waals surface area contributed by atoms with Gasteiger partial charge in [-0.2, -0.15) is 0 Å². The number of para-hydroxylation sites is 1. The van der Waals surface area contributed by atoms with Crippen LogP contribution in [0.3, 0.4) is 0 Å². The van der Waals surface area contributed by atoms with E-state index in [1.54, 1.807) is 4.90 Å². The third-order valence-electron chi connectivity index (χ3n) is 6.26. The average Bonchev–Trinajstić information content (AvgIpc) is 3.42. The highest BCUT2D eigenvalue weighted by molar-refractivity contribution is 6.21. The number of nitrogens with zero attached hydrogens (tertiary/aromatic N) is 2. The lowest BCUT2D eigenvalue weighted by atomic mass is 9.97. The highest BCUT2D eigenvalue weighted by Crippen LogP contribution is 2.38. The molecule has 1 aromatic heterocycles. The molecule has 2 amide bonds. The Morgan fingerprint density at radius 3 is 2.71 bits per heavy atom. The molecule has 1 atom stereocenters. The Labute approximate surface area is 195 Å². The Hall–Kier alpha value is -4.39. The fourth-order valence-corrected chi connectivity index (χ4v) is 4.78. The molecule has 0 spiro atoms. The van der Waals surface area contributed by atoms with Crippen LogP contribution in [0, 0.1) is 0 Å². The molecule has 2 aliphatic rings. The minimum Gasteiger partial charge on any atom is -0.461 e. The predicted molar refractivity (Wildman–Crippen MR) is 131 cm³/mol. The summed E-state index contributed by atoms with van der Waals surface area (Å²) in [4.78, 5) is 33.0. The molecule has 6 rings (SSSR count). The van der Waals surface area contributed by atoms with Crippen LogP contribution >= 0.6 is 0 Å². The van der Waals surface area contributed by atoms with Gasteiger partial charge in [-0.3, -0.25) is 9.59 Å². The number of hydrogen-bond acceptors (Lipinski definition) is 5. The van der Waals surface area contributed by atoms with Crippen LogP contribution in [0.5, 0.6) is 0 Å². The SMILES string of the molecule is Nc1cc2c3c(c1)C(c1ccccc1)=N[C@@H](NC(=O)Cc1cc4ccccc4o1)C(=O)N3CC2. The van der Waals surface area contributed by atoms with Crippen molar-refractivity contribution in [2.75, 3.05) is 17.2 Å². The summed E-state index contributed by atoms with van der Waals surface area (Å²) in [5.41, 5.74) is 11.7. The van der Waals surface area contributed by atoms with E-state index in [2.05, 4.69) is 5.32 Å². The van der Waals surface area contributed by atoms with Crippen molar-refractivity contribution >= 4 is 39.9 Å². The summed E-state index contributed by atoms with van der Waals surface area (Å²) in [5.74, 6) is -0.0568. The van der Waals surface area contributed by atoms with Crippen molar-refractivity contribution in [1.82, 2.24) is 5.32 Å². The second-order valence-electron chi connectivity index (χ2n) is 8.56. The number of nitrogens with one attached hydrogen (secondary N) is 1. The van der Waals surface area contributed by atoms with Gasteiger partial charge in [0.2, 0.25) is 12.1 Å². The van der Waals surface area contributed by atoms with E-state index in [0.717, 1.165) is 33.3 Å². The summed E-state index contributed by atoms with van der Waals surface area (Å²) in [6, 6.07) is 22.8. The summed E-state index contributed by atoms with van der Waals surface area (Å²) < 4.78 is 5.78. The van der Waals surface area contributed by atoms with Crippen molar-refractivity contribution in [3.05, 3.63) is 95.2 Å². The summed E-state index contributed by atoms with van der Waals surface area (Å²) >= 11 is 0. The van der Waals surface area contributed by atoms with Crippen molar-refractivity contribution in [2.45, 2.75) is 19.0 Å². The van der Waals surface area contributed by atoms with E-state index in [1.165, 1.54) is 0 Å². The Balaban J connectivity index is 1.37. The highest BCUT2D eigenvalue weighted by Gasteiger charge is 2.37. The molecule has 0 saturated carbocycles. The third kappa shape index (κ3) is 3.42. The van der Waals surface area contributed by atoms with Crippen molar-refractivity contribution < 1.29 is 14.0 Å². The number of aliphatic imine (C=N–C) groups is 1. The Kier molecular flexibility index (Phi) is 4.69. The Morgan fingerprint density at radius 1 is 1.09 bits per heavy atom. The molecule has 0 saturated heterocycles. The number of anilines is 2. The zero-order valence-corrected chi connectivity index (χ0v) is 18.3. The number of hydrogen-bond donors (Lipinski definition) is 2. The van der Waals surface area contributed by atoms with E-state index in [1.807, 2.05) is 72.8 Å². The maximum absolute atomic E-state index is 13.5. The number of nitrogens with two attached hydrogens (primary N) is 1. The van der Waals surface area contributed by atoms with E-state index in [9.17, 15) is 9.59 Å². The van der Waals surface area contributed by atoms with Crippen LogP contribution in [0.2, 0.25) is 0 Å². The molecule has 7 nitrogen and oxygen atoms in total. The lowest BCUT2D eigenvalue weighted by Gasteiger charge is -2.21. The van der Waals surface area contributed by atoms with Crippen molar-refractivity contribution in [3.8, 4) is 0 Å². The molecular formula is C27H22N4O3. The van der Waals surface area contributed by atoms with Crippen LogP contribution in [0.1, 0.15) is 22.5 Å². The first-order valence-electron chi connectivity index (χ1n) is 11.2. The molecule has 168 valence electrons. The van der Waals surface area contributed by atoms with Crippen LogP contribution < -0.4 is 16.0 Å². The zero-order chi connectivity index (χ0) is 23.2. The first-order chi connectivity index (χ1) is 16.6. The summed E-state index contributed by atoms with van der Waals surface area (Å²) in [6.45, 7) is 0.526. The smallest absolute Gasteiger partial charge is 0.272 e. The van der Waals surface area contributed by atoms with Gasteiger partial charge in [-0.1, -0.05) is 48.5 Å². The molecule has 0 bridgehead atoms. The minimum absolute atomic E-state index is 0.0137. The monoisotopic (exact) mass is 450 g/mol. The number of nitrogen functional groups attached to an aromatic ring is 1. The first-order valence-corrected chi connectivity index (χ1v) is 11.2. The lowest BCUT2D eigenvalue weighted by molar-refractivity contribution is -0.127. The van der Waals surface area contributed by atoms with E-state index >= 15 is 0 Å². The number of furan rings is 1. The van der Waals surface area contributed by atoms with Gasteiger partial charge in [0.15, 0.2) is 0 Å². The molecular weight excluding hydrogens is 428 g/mol. The van der Waals surface area contributed by atoms with E-state index in [0.29, 0.717) is 30.1 Å². The molecule has 0 radical (unpaired) electrons. The van der Waals surface area contributed by atoms with Gasteiger partial charge >= 0.3 is 0 Å². The van der Waals surface area contributed by atoms with Crippen LogP contribution in [0.25, 0.3) is 11.0 Å². The van der Waals surface area contributed by atoms with E-state index < -0.39 is 6.17 Å². The van der Waals surface area contributed by atoms with Gasteiger partial charge in [-0.25, -0.2) is 4.99 Å². The second-order valence-corrected chi connectivity index (χ2v) is 8.56. The Morgan fingerprint density at radius 2 is 1.88 bits per heavy atom. The van der Waals surface area contributed by atoms with Gasteiger partial charge in [0.25, 0.3) is 5.91 Å². The van der Waals surface area contributed by atoms with Gasteiger partial charge in [-0.05, 0) is 36.2 Å². The van der Waals surface area contributed by atoms with E-state index in [4.69, 9.17) is 15.1 Å². The van der Waals surface area contributed by atoms with Crippen molar-refractivity contribution in [3.63, 3.8) is 0 Å². The first kappa shape index (κ1) is 20.2. The number of fused-ring (bicyclic) bond motifs is 1. The largest absolute Gasteiger partial charge is 0.461 e. The molecule has 3 heterocycles. The molecule has 2 aliphatic heterocycles. The maximum atomic E-state index is 13.5. The topological polar surface area (TPSA) is 101 Å². The molecule has 0 aliphatic carbocycles. The van der Waals surface area contributed by atoms with Gasteiger partial charge in [0.1, 0.15) is 11.3 Å².